The second-order valence-corrected chi connectivity index (χ2v) is 4.51. The lowest BCUT2D eigenvalue weighted by Crippen LogP contribution is -2.05. The third-order valence-electron chi connectivity index (χ3n) is 2.68. The van der Waals surface area contributed by atoms with Crippen molar-refractivity contribution in [3.63, 3.8) is 0 Å². The van der Waals surface area contributed by atoms with Gasteiger partial charge in [-0.2, -0.15) is 0 Å². The first kappa shape index (κ1) is 11.2. The quantitative estimate of drug-likeness (QED) is 0.623. The van der Waals surface area contributed by atoms with Crippen molar-refractivity contribution in [2.75, 3.05) is 0 Å². The van der Waals surface area contributed by atoms with Crippen molar-refractivity contribution >= 4 is 6.29 Å². The van der Waals surface area contributed by atoms with E-state index in [-0.39, 0.29) is 0 Å². The molecule has 0 heterocycles. The number of carbonyl (C=O) groups is 1. The van der Waals surface area contributed by atoms with E-state index in [1.165, 1.54) is 11.1 Å². The van der Waals surface area contributed by atoms with Crippen molar-refractivity contribution in [2.45, 2.75) is 40.0 Å². The molecule has 14 heavy (non-hydrogen) atoms. The molecule has 0 aromatic rings. The molecule has 0 spiro atoms. The minimum Gasteiger partial charge on any atom is -0.303 e. The summed E-state index contributed by atoms with van der Waals surface area (Å²) in [4.78, 5) is 10.3. The molecule has 0 fully saturated rings. The zero-order valence-corrected chi connectivity index (χ0v) is 9.42. The van der Waals surface area contributed by atoms with E-state index < -0.39 is 0 Å². The lowest BCUT2D eigenvalue weighted by atomic mass is 9.85. The van der Waals surface area contributed by atoms with Crippen LogP contribution in [-0.2, 0) is 4.79 Å². The minimum absolute atomic E-state index is 0.601. The van der Waals surface area contributed by atoms with E-state index in [0.29, 0.717) is 18.3 Å². The van der Waals surface area contributed by atoms with Gasteiger partial charge in [-0.1, -0.05) is 38.5 Å². The normalized spacial score (nSPS) is 21.9. The first-order valence-electron chi connectivity index (χ1n) is 5.48. The van der Waals surface area contributed by atoms with Gasteiger partial charge in [0.2, 0.25) is 0 Å². The predicted molar refractivity (Wildman–Crippen MR) is 60.1 cm³/mol. The summed E-state index contributed by atoms with van der Waals surface area (Å²) in [5.74, 6) is 1.24. The molecule has 0 saturated carbocycles. The Bertz CT molecular complexity index is 258. The molecular formula is C13H20O. The van der Waals surface area contributed by atoms with Crippen LogP contribution in [0.3, 0.4) is 0 Å². The molecule has 1 aliphatic rings. The van der Waals surface area contributed by atoms with Crippen molar-refractivity contribution in [3.05, 3.63) is 23.3 Å². The Kier molecular flexibility index (Phi) is 4.12. The van der Waals surface area contributed by atoms with E-state index in [0.717, 1.165) is 19.1 Å². The molecule has 0 aliphatic heterocycles. The third kappa shape index (κ3) is 3.13. The van der Waals surface area contributed by atoms with Gasteiger partial charge in [0.1, 0.15) is 6.29 Å². The molecule has 1 aliphatic carbocycles. The highest BCUT2D eigenvalue weighted by atomic mass is 16.1. The Morgan fingerprint density at radius 1 is 1.57 bits per heavy atom. The predicted octanol–water partition coefficient (Wildman–Crippen LogP) is 3.51. The fraction of sp³-hybridized carbons (Fsp3) is 0.615. The van der Waals surface area contributed by atoms with E-state index >= 15 is 0 Å². The van der Waals surface area contributed by atoms with Crippen LogP contribution in [0.25, 0.3) is 0 Å². The Balaban J connectivity index is 2.68. The summed E-state index contributed by atoms with van der Waals surface area (Å²) in [6.07, 6.45) is 8.40. The zero-order chi connectivity index (χ0) is 10.6. The Hall–Kier alpha value is -0.850. The summed E-state index contributed by atoms with van der Waals surface area (Å²) in [6, 6.07) is 0. The molecule has 1 nitrogen and oxygen atoms in total. The lowest BCUT2D eigenvalue weighted by Gasteiger charge is -2.20. The second-order valence-electron chi connectivity index (χ2n) is 4.51. The van der Waals surface area contributed by atoms with E-state index in [4.69, 9.17) is 0 Å². The molecular weight excluding hydrogens is 172 g/mol. The number of aldehydes is 1. The van der Waals surface area contributed by atoms with E-state index in [1.54, 1.807) is 0 Å². The molecule has 0 amide bonds. The molecule has 1 rings (SSSR count). The molecule has 0 aromatic heterocycles. The average molecular weight is 192 g/mol. The van der Waals surface area contributed by atoms with Crippen molar-refractivity contribution in [1.29, 1.82) is 0 Å². The van der Waals surface area contributed by atoms with Crippen LogP contribution in [0.4, 0.5) is 0 Å². The lowest BCUT2D eigenvalue weighted by molar-refractivity contribution is -0.107. The summed E-state index contributed by atoms with van der Waals surface area (Å²) in [5.41, 5.74) is 2.88. The summed E-state index contributed by atoms with van der Waals surface area (Å²) < 4.78 is 0. The largest absolute Gasteiger partial charge is 0.303 e. The topological polar surface area (TPSA) is 17.1 Å². The molecule has 1 heteroatoms. The van der Waals surface area contributed by atoms with Crippen LogP contribution in [0.1, 0.15) is 40.0 Å². The molecule has 0 aromatic carbocycles. The van der Waals surface area contributed by atoms with Gasteiger partial charge in [-0.25, -0.2) is 0 Å². The smallest absolute Gasteiger partial charge is 0.120 e. The van der Waals surface area contributed by atoms with E-state index in [1.807, 2.05) is 0 Å². The van der Waals surface area contributed by atoms with Gasteiger partial charge in [0.15, 0.2) is 0 Å². The Morgan fingerprint density at radius 2 is 2.29 bits per heavy atom. The van der Waals surface area contributed by atoms with Gasteiger partial charge in [-0.05, 0) is 30.3 Å². The highest BCUT2D eigenvalue weighted by Crippen LogP contribution is 2.28. The van der Waals surface area contributed by atoms with Crippen LogP contribution >= 0.6 is 0 Å². The SMILES string of the molecule is CC1C=C(C(C)C)C=C(CCC=O)C1. The maximum Gasteiger partial charge on any atom is 0.120 e. The van der Waals surface area contributed by atoms with Gasteiger partial charge in [0.05, 0.1) is 0 Å². The van der Waals surface area contributed by atoms with Gasteiger partial charge >= 0.3 is 0 Å². The molecule has 1 unspecified atom stereocenters. The van der Waals surface area contributed by atoms with Crippen LogP contribution in [-0.4, -0.2) is 6.29 Å². The van der Waals surface area contributed by atoms with Crippen molar-refractivity contribution in [1.82, 2.24) is 0 Å². The summed E-state index contributed by atoms with van der Waals surface area (Å²) in [6.45, 7) is 6.69. The zero-order valence-electron chi connectivity index (χ0n) is 9.42. The van der Waals surface area contributed by atoms with Gasteiger partial charge in [-0.15, -0.1) is 0 Å². The molecule has 0 radical (unpaired) electrons. The number of allylic oxidation sites excluding steroid dienone is 4. The fourth-order valence-corrected chi connectivity index (χ4v) is 1.92. The molecule has 0 bridgehead atoms. The van der Waals surface area contributed by atoms with Crippen molar-refractivity contribution in [2.24, 2.45) is 11.8 Å². The number of hydrogen-bond acceptors (Lipinski definition) is 1. The third-order valence-corrected chi connectivity index (χ3v) is 2.68. The Morgan fingerprint density at radius 3 is 2.86 bits per heavy atom. The van der Waals surface area contributed by atoms with Crippen LogP contribution in [0.15, 0.2) is 23.3 Å². The highest BCUT2D eigenvalue weighted by Gasteiger charge is 2.12. The number of carbonyl (C=O) groups excluding carboxylic acids is 1. The first-order valence-corrected chi connectivity index (χ1v) is 5.48. The summed E-state index contributed by atoms with van der Waals surface area (Å²) >= 11 is 0. The van der Waals surface area contributed by atoms with E-state index in [2.05, 4.69) is 32.9 Å². The summed E-state index contributed by atoms with van der Waals surface area (Å²) in [5, 5.41) is 0. The second kappa shape index (κ2) is 5.14. The molecule has 0 N–H and O–H groups in total. The van der Waals surface area contributed by atoms with Gasteiger partial charge in [0.25, 0.3) is 0 Å². The van der Waals surface area contributed by atoms with Crippen LogP contribution < -0.4 is 0 Å². The standard InChI is InChI=1S/C13H20O/c1-10(2)13-8-11(3)7-12(9-13)5-4-6-14/h6,8-11H,4-5,7H2,1-3H3. The number of hydrogen-bond donors (Lipinski definition) is 0. The Labute approximate surface area is 86.9 Å². The van der Waals surface area contributed by atoms with Crippen LogP contribution in [0.2, 0.25) is 0 Å². The maximum absolute atomic E-state index is 10.3. The number of rotatable bonds is 4. The summed E-state index contributed by atoms with van der Waals surface area (Å²) in [7, 11) is 0. The fourth-order valence-electron chi connectivity index (χ4n) is 1.92. The molecule has 78 valence electrons. The van der Waals surface area contributed by atoms with Gasteiger partial charge in [-0.3, -0.25) is 0 Å². The highest BCUT2D eigenvalue weighted by molar-refractivity contribution is 5.50. The van der Waals surface area contributed by atoms with Gasteiger partial charge in [0, 0.05) is 6.42 Å². The minimum atomic E-state index is 0.601. The monoisotopic (exact) mass is 192 g/mol. The van der Waals surface area contributed by atoms with Crippen LogP contribution in [0.5, 0.6) is 0 Å². The molecule has 0 saturated heterocycles. The first-order chi connectivity index (χ1) is 6.63. The van der Waals surface area contributed by atoms with Crippen molar-refractivity contribution < 1.29 is 4.79 Å². The average Bonchev–Trinajstić information content (AvgIpc) is 2.14. The maximum atomic E-state index is 10.3. The van der Waals surface area contributed by atoms with Gasteiger partial charge < -0.3 is 4.79 Å². The molecule has 1 atom stereocenters. The van der Waals surface area contributed by atoms with Crippen molar-refractivity contribution in [3.8, 4) is 0 Å². The van der Waals surface area contributed by atoms with E-state index in [9.17, 15) is 4.79 Å². The van der Waals surface area contributed by atoms with Crippen LogP contribution in [0, 0.1) is 11.8 Å².